The molecule has 0 radical (unpaired) electrons. The number of piperidine rings is 1. The maximum Gasteiger partial charge on any atom is 0.401 e. The van der Waals surface area contributed by atoms with Gasteiger partial charge in [0, 0.05) is 32.2 Å². The van der Waals surface area contributed by atoms with E-state index >= 15 is 0 Å². The molecule has 0 bridgehead atoms. The molecular weight excluding hydrogens is 357 g/mol. The molecule has 2 aliphatic rings. The molecule has 0 amide bonds. The first kappa shape index (κ1) is 22.3. The zero-order chi connectivity index (χ0) is 20.3. The molecule has 1 heterocycles. The number of methoxy groups -OCH3 is 1. The van der Waals surface area contributed by atoms with E-state index in [2.05, 4.69) is 36.4 Å². The van der Waals surface area contributed by atoms with Crippen LogP contribution in [0.15, 0.2) is 4.99 Å². The van der Waals surface area contributed by atoms with Gasteiger partial charge in [-0.15, -0.1) is 0 Å². The zero-order valence-corrected chi connectivity index (χ0v) is 17.2. The lowest BCUT2D eigenvalue weighted by Gasteiger charge is -2.59. The van der Waals surface area contributed by atoms with E-state index in [0.29, 0.717) is 25.0 Å². The molecule has 8 heteroatoms. The van der Waals surface area contributed by atoms with E-state index < -0.39 is 12.7 Å². The molecule has 1 aliphatic carbocycles. The molecule has 1 saturated heterocycles. The van der Waals surface area contributed by atoms with E-state index in [9.17, 15) is 13.2 Å². The van der Waals surface area contributed by atoms with E-state index in [-0.39, 0.29) is 11.0 Å². The van der Waals surface area contributed by atoms with Crippen LogP contribution in [0.25, 0.3) is 0 Å². The number of aliphatic imine (C=N–C) groups is 1. The Hall–Kier alpha value is -1.02. The molecule has 2 fully saturated rings. The van der Waals surface area contributed by atoms with Gasteiger partial charge >= 0.3 is 6.18 Å². The summed E-state index contributed by atoms with van der Waals surface area (Å²) < 4.78 is 43.0. The van der Waals surface area contributed by atoms with E-state index in [1.807, 2.05) is 0 Å². The van der Waals surface area contributed by atoms with Gasteiger partial charge in [-0.1, -0.05) is 13.8 Å². The average molecular weight is 393 g/mol. The fourth-order valence-electron chi connectivity index (χ4n) is 4.16. The van der Waals surface area contributed by atoms with Crippen molar-refractivity contribution >= 4 is 5.96 Å². The molecule has 2 unspecified atom stereocenters. The number of nitrogens with one attached hydrogen (secondary N) is 2. The van der Waals surface area contributed by atoms with E-state index in [1.54, 1.807) is 14.2 Å². The number of halogens is 3. The number of ether oxygens (including phenoxy) is 1. The highest BCUT2D eigenvalue weighted by Crippen LogP contribution is 2.51. The Labute approximate surface area is 161 Å². The van der Waals surface area contributed by atoms with Crippen molar-refractivity contribution in [2.45, 2.75) is 64.3 Å². The number of hydrogen-bond acceptors (Lipinski definition) is 3. The second-order valence-corrected chi connectivity index (χ2v) is 8.68. The highest BCUT2D eigenvalue weighted by atomic mass is 19.4. The fourth-order valence-corrected chi connectivity index (χ4v) is 4.16. The monoisotopic (exact) mass is 392 g/mol. The summed E-state index contributed by atoms with van der Waals surface area (Å²) in [5, 5.41) is 6.83. The number of alkyl halides is 3. The number of likely N-dealkylation sites (tertiary alicyclic amines) is 1. The largest absolute Gasteiger partial charge is 0.401 e. The summed E-state index contributed by atoms with van der Waals surface area (Å²) >= 11 is 0. The van der Waals surface area contributed by atoms with Gasteiger partial charge in [-0.25, -0.2) is 0 Å². The van der Waals surface area contributed by atoms with Gasteiger partial charge in [0.15, 0.2) is 5.96 Å². The third-order valence-corrected chi connectivity index (χ3v) is 6.77. The molecule has 2 atom stereocenters. The lowest BCUT2D eigenvalue weighted by molar-refractivity contribution is -0.176. The Balaban J connectivity index is 1.68. The van der Waals surface area contributed by atoms with Crippen LogP contribution in [0.3, 0.4) is 0 Å². The molecule has 2 N–H and O–H groups in total. The van der Waals surface area contributed by atoms with Gasteiger partial charge in [0.25, 0.3) is 0 Å². The van der Waals surface area contributed by atoms with Crippen LogP contribution in [0.5, 0.6) is 0 Å². The van der Waals surface area contributed by atoms with Crippen LogP contribution in [0.1, 0.15) is 46.5 Å². The van der Waals surface area contributed by atoms with Gasteiger partial charge in [-0.3, -0.25) is 9.89 Å². The fraction of sp³-hybridized carbons (Fsp3) is 0.947. The van der Waals surface area contributed by atoms with Crippen LogP contribution in [0, 0.1) is 11.3 Å². The van der Waals surface area contributed by atoms with Crippen molar-refractivity contribution in [1.29, 1.82) is 0 Å². The summed E-state index contributed by atoms with van der Waals surface area (Å²) in [7, 11) is 3.51. The minimum absolute atomic E-state index is 0.00464. The quantitative estimate of drug-likeness (QED) is 0.539. The summed E-state index contributed by atoms with van der Waals surface area (Å²) in [6.45, 7) is 7.57. The Morgan fingerprint density at radius 1 is 1.22 bits per heavy atom. The molecule has 158 valence electrons. The second-order valence-electron chi connectivity index (χ2n) is 8.68. The summed E-state index contributed by atoms with van der Waals surface area (Å²) in [6.07, 6.45) is -0.572. The average Bonchev–Trinajstić information content (AvgIpc) is 2.59. The van der Waals surface area contributed by atoms with Crippen LogP contribution in [-0.4, -0.2) is 69.0 Å². The predicted octanol–water partition coefficient (Wildman–Crippen LogP) is 3.02. The first-order valence-electron chi connectivity index (χ1n) is 9.82. The van der Waals surface area contributed by atoms with Crippen LogP contribution in [-0.2, 0) is 4.74 Å². The molecule has 0 aromatic heterocycles. The molecule has 27 heavy (non-hydrogen) atoms. The van der Waals surface area contributed by atoms with E-state index in [0.717, 1.165) is 38.2 Å². The molecule has 0 aromatic rings. The van der Waals surface area contributed by atoms with Crippen molar-refractivity contribution in [2.24, 2.45) is 16.3 Å². The Morgan fingerprint density at radius 3 is 2.33 bits per heavy atom. The molecule has 0 spiro atoms. The lowest BCUT2D eigenvalue weighted by atomic mass is 9.56. The van der Waals surface area contributed by atoms with Crippen molar-refractivity contribution in [3.8, 4) is 0 Å². The van der Waals surface area contributed by atoms with E-state index in [1.165, 1.54) is 4.90 Å². The highest BCUT2D eigenvalue weighted by molar-refractivity contribution is 5.80. The first-order chi connectivity index (χ1) is 12.5. The molecule has 0 aromatic carbocycles. The summed E-state index contributed by atoms with van der Waals surface area (Å²) in [4.78, 5) is 5.81. The summed E-state index contributed by atoms with van der Waals surface area (Å²) in [5.74, 6) is 1.25. The van der Waals surface area contributed by atoms with Crippen LogP contribution in [0.2, 0.25) is 0 Å². The van der Waals surface area contributed by atoms with E-state index in [4.69, 9.17) is 4.74 Å². The molecule has 1 saturated carbocycles. The standard InChI is InChI=1S/C19H35F3N4O/c1-17(2)15(12-18(17,3)27-5)25-16(23-4)24-9-6-14-7-10-26(11-8-14)13-19(20,21)22/h14-15H,6-13H2,1-5H3,(H2,23,24,25). The van der Waals surface area contributed by atoms with Crippen molar-refractivity contribution < 1.29 is 17.9 Å². The Kier molecular flexibility index (Phi) is 7.06. The van der Waals surface area contributed by atoms with Crippen molar-refractivity contribution in [1.82, 2.24) is 15.5 Å². The number of guanidine groups is 1. The SMILES string of the molecule is CN=C(NCCC1CCN(CC(F)(F)F)CC1)NC1CC(C)(OC)C1(C)C. The predicted molar refractivity (Wildman–Crippen MR) is 102 cm³/mol. The highest BCUT2D eigenvalue weighted by Gasteiger charge is 2.58. The van der Waals surface area contributed by atoms with Gasteiger partial charge in [-0.05, 0) is 51.6 Å². The number of hydrogen-bond donors (Lipinski definition) is 2. The van der Waals surface area contributed by atoms with Crippen molar-refractivity contribution in [3.05, 3.63) is 0 Å². The van der Waals surface area contributed by atoms with Gasteiger partial charge in [0.1, 0.15) is 0 Å². The second kappa shape index (κ2) is 8.55. The van der Waals surface area contributed by atoms with Crippen molar-refractivity contribution in [2.75, 3.05) is 40.3 Å². The van der Waals surface area contributed by atoms with Crippen molar-refractivity contribution in [3.63, 3.8) is 0 Å². The molecule has 2 rings (SSSR count). The third kappa shape index (κ3) is 5.50. The maximum absolute atomic E-state index is 12.5. The number of rotatable bonds is 6. The first-order valence-corrected chi connectivity index (χ1v) is 9.82. The minimum Gasteiger partial charge on any atom is -0.378 e. The topological polar surface area (TPSA) is 48.9 Å². The van der Waals surface area contributed by atoms with Gasteiger partial charge < -0.3 is 15.4 Å². The van der Waals surface area contributed by atoms with Gasteiger partial charge in [-0.2, -0.15) is 13.2 Å². The normalized spacial score (nSPS) is 30.1. The van der Waals surface area contributed by atoms with Gasteiger partial charge in [0.2, 0.25) is 0 Å². The van der Waals surface area contributed by atoms with Crippen LogP contribution in [0.4, 0.5) is 13.2 Å². The molecule has 5 nitrogen and oxygen atoms in total. The maximum atomic E-state index is 12.5. The molecular formula is C19H35F3N4O. The minimum atomic E-state index is -4.10. The zero-order valence-electron chi connectivity index (χ0n) is 17.2. The molecule has 1 aliphatic heterocycles. The summed E-state index contributed by atoms with van der Waals surface area (Å²) in [6, 6.07) is 0.291. The number of nitrogens with zero attached hydrogens (tertiary/aromatic N) is 2. The Bertz CT molecular complexity index is 516. The lowest BCUT2D eigenvalue weighted by Crippen LogP contribution is -2.69. The summed E-state index contributed by atoms with van der Waals surface area (Å²) in [5.41, 5.74) is -0.126. The smallest absolute Gasteiger partial charge is 0.378 e. The van der Waals surface area contributed by atoms with Crippen LogP contribution >= 0.6 is 0 Å². The van der Waals surface area contributed by atoms with Crippen LogP contribution < -0.4 is 10.6 Å². The van der Waals surface area contributed by atoms with Gasteiger partial charge in [0.05, 0.1) is 12.1 Å². The Morgan fingerprint density at radius 2 is 1.85 bits per heavy atom. The third-order valence-electron chi connectivity index (χ3n) is 6.77.